The Hall–Kier alpha value is -4.16. The molecule has 2 aliphatic heterocycles. The summed E-state index contributed by atoms with van der Waals surface area (Å²) in [6.07, 6.45) is -0.302. The van der Waals surface area contributed by atoms with Gasteiger partial charge in [0.25, 0.3) is 17.8 Å². The topological polar surface area (TPSA) is 94.8 Å². The molecule has 9 nitrogen and oxygen atoms in total. The van der Waals surface area contributed by atoms with Crippen molar-refractivity contribution in [3.05, 3.63) is 65.4 Å². The van der Waals surface area contributed by atoms with Crippen LogP contribution in [0.1, 0.15) is 52.3 Å². The summed E-state index contributed by atoms with van der Waals surface area (Å²) in [7, 11) is 0. The Balaban J connectivity index is 1.24. The van der Waals surface area contributed by atoms with E-state index in [0.717, 1.165) is 19.3 Å². The highest BCUT2D eigenvalue weighted by atomic mass is 19.4. The minimum absolute atomic E-state index is 0.0256. The van der Waals surface area contributed by atoms with Crippen LogP contribution >= 0.6 is 0 Å². The Morgan fingerprint density at radius 1 is 0.875 bits per heavy atom. The molecule has 2 amide bonds. The molecule has 1 N–H and O–H groups in total. The molecular formula is C27H28F4N6O3. The van der Waals surface area contributed by atoms with Gasteiger partial charge in [-0.15, -0.1) is 0 Å². The van der Waals surface area contributed by atoms with Crippen molar-refractivity contribution in [2.45, 2.75) is 31.9 Å². The first-order valence-electron chi connectivity index (χ1n) is 13.1. The molecule has 40 heavy (non-hydrogen) atoms. The van der Waals surface area contributed by atoms with E-state index in [0.29, 0.717) is 51.5 Å². The van der Waals surface area contributed by atoms with Gasteiger partial charge in [0, 0.05) is 39.3 Å². The predicted octanol–water partition coefficient (Wildman–Crippen LogP) is 4.82. The first-order valence-corrected chi connectivity index (χ1v) is 13.1. The zero-order chi connectivity index (χ0) is 28.3. The lowest BCUT2D eigenvalue weighted by molar-refractivity contribution is -0.141. The molecule has 0 atom stereocenters. The number of pyridine rings is 1. The minimum atomic E-state index is -4.86. The summed E-state index contributed by atoms with van der Waals surface area (Å²) in [5.41, 5.74) is -1.16. The van der Waals surface area contributed by atoms with Crippen LogP contribution in [0.4, 0.5) is 35.1 Å². The highest BCUT2D eigenvalue weighted by Gasteiger charge is 2.42. The van der Waals surface area contributed by atoms with Gasteiger partial charge in [0.15, 0.2) is 5.69 Å². The summed E-state index contributed by atoms with van der Waals surface area (Å²) in [5, 5.41) is 2.41. The van der Waals surface area contributed by atoms with Crippen LogP contribution in [0.2, 0.25) is 0 Å². The zero-order valence-electron chi connectivity index (χ0n) is 21.6. The van der Waals surface area contributed by atoms with E-state index in [1.54, 1.807) is 21.9 Å². The van der Waals surface area contributed by atoms with Gasteiger partial charge in [-0.3, -0.25) is 9.59 Å². The Morgan fingerprint density at radius 2 is 1.62 bits per heavy atom. The Bertz CT molecular complexity index is 1360. The number of anilines is 3. The highest BCUT2D eigenvalue weighted by Crippen LogP contribution is 2.35. The fourth-order valence-electron chi connectivity index (χ4n) is 4.86. The van der Waals surface area contributed by atoms with Gasteiger partial charge in [-0.2, -0.15) is 18.2 Å². The Kier molecular flexibility index (Phi) is 7.90. The number of hydrogen-bond acceptors (Lipinski definition) is 7. The van der Waals surface area contributed by atoms with E-state index in [2.05, 4.69) is 15.3 Å². The molecule has 0 unspecified atom stereocenters. The smallest absolute Gasteiger partial charge is 0.417 e. The molecule has 3 aromatic rings. The number of carbonyl (C=O) groups is 2. The summed E-state index contributed by atoms with van der Waals surface area (Å²) in [4.78, 5) is 38.7. The third-order valence-corrected chi connectivity index (χ3v) is 6.93. The van der Waals surface area contributed by atoms with Crippen LogP contribution in [0.25, 0.3) is 0 Å². The van der Waals surface area contributed by atoms with Gasteiger partial charge in [0.1, 0.15) is 11.6 Å². The van der Waals surface area contributed by atoms with E-state index in [1.165, 1.54) is 30.5 Å². The largest absolute Gasteiger partial charge is 0.437 e. The molecule has 4 heterocycles. The summed E-state index contributed by atoms with van der Waals surface area (Å²) >= 11 is 0. The van der Waals surface area contributed by atoms with E-state index in [9.17, 15) is 27.2 Å². The molecule has 2 fully saturated rings. The number of nitrogens with one attached hydrogen (secondary N) is 1. The molecule has 5 rings (SSSR count). The van der Waals surface area contributed by atoms with Crippen LogP contribution in [-0.2, 0) is 6.18 Å². The molecule has 2 saturated heterocycles. The second-order valence-electron chi connectivity index (χ2n) is 9.69. The molecule has 0 bridgehead atoms. The number of piperidine rings is 1. The molecule has 0 radical (unpaired) electrons. The second kappa shape index (κ2) is 11.5. The summed E-state index contributed by atoms with van der Waals surface area (Å²) in [6.45, 7) is 2.87. The fourth-order valence-corrected chi connectivity index (χ4v) is 4.86. The summed E-state index contributed by atoms with van der Waals surface area (Å²) < 4.78 is 60.3. The average Bonchev–Trinajstić information content (AvgIpc) is 3.28. The molecule has 1 aromatic carbocycles. The lowest BCUT2D eigenvalue weighted by Crippen LogP contribution is -2.35. The van der Waals surface area contributed by atoms with Crippen molar-refractivity contribution in [1.29, 1.82) is 0 Å². The van der Waals surface area contributed by atoms with Crippen molar-refractivity contribution in [3.63, 3.8) is 0 Å². The van der Waals surface area contributed by atoms with Crippen LogP contribution in [0.15, 0.2) is 47.0 Å². The molecule has 2 aliphatic rings. The molecule has 0 saturated carbocycles. The number of halogens is 4. The van der Waals surface area contributed by atoms with Crippen LogP contribution in [-0.4, -0.2) is 66.0 Å². The fraction of sp³-hybridized carbons (Fsp3) is 0.407. The van der Waals surface area contributed by atoms with Gasteiger partial charge >= 0.3 is 6.18 Å². The van der Waals surface area contributed by atoms with Crippen molar-refractivity contribution in [3.8, 4) is 0 Å². The van der Waals surface area contributed by atoms with Crippen molar-refractivity contribution in [1.82, 2.24) is 14.9 Å². The van der Waals surface area contributed by atoms with Crippen LogP contribution in [0.5, 0.6) is 0 Å². The van der Waals surface area contributed by atoms with Crippen molar-refractivity contribution in [2.24, 2.45) is 0 Å². The minimum Gasteiger partial charge on any atom is -0.417 e. The monoisotopic (exact) mass is 560 g/mol. The average molecular weight is 561 g/mol. The molecule has 2 aromatic heterocycles. The van der Waals surface area contributed by atoms with Crippen LogP contribution < -0.4 is 15.1 Å². The first-order chi connectivity index (χ1) is 19.2. The van der Waals surface area contributed by atoms with Crippen LogP contribution in [0, 0.1) is 5.82 Å². The van der Waals surface area contributed by atoms with E-state index >= 15 is 0 Å². The highest BCUT2D eigenvalue weighted by molar-refractivity contribution is 6.03. The normalized spacial score (nSPS) is 16.6. The van der Waals surface area contributed by atoms with Crippen LogP contribution in [0.3, 0.4) is 0 Å². The van der Waals surface area contributed by atoms with E-state index < -0.39 is 29.4 Å². The van der Waals surface area contributed by atoms with Gasteiger partial charge < -0.3 is 24.4 Å². The molecule has 212 valence electrons. The molecular weight excluding hydrogens is 532 g/mol. The SMILES string of the molecule is O=C(Nc1ccc(N2CCCN(C(=O)c3ccccc3F)CC2)nc1)c1oc(N2CCCCC2)nc1C(F)(F)F. The molecule has 0 aliphatic carbocycles. The maximum absolute atomic E-state index is 14.1. The number of rotatable bonds is 5. The van der Waals surface area contributed by atoms with Gasteiger partial charge in [-0.1, -0.05) is 12.1 Å². The zero-order valence-corrected chi connectivity index (χ0v) is 21.6. The third kappa shape index (κ3) is 6.02. The van der Waals surface area contributed by atoms with E-state index in [-0.39, 0.29) is 23.2 Å². The number of benzene rings is 1. The number of carbonyl (C=O) groups excluding carboxylic acids is 2. The maximum atomic E-state index is 14.1. The number of nitrogens with zero attached hydrogens (tertiary/aromatic N) is 5. The van der Waals surface area contributed by atoms with Crippen molar-refractivity contribution >= 4 is 29.3 Å². The standard InChI is InChI=1S/C27H28F4N6O3/c28-20-8-3-2-7-19(20)25(39)36-14-6-13-35(15-16-36)21-10-9-18(17-32-21)33-24(38)22-23(27(29,30)31)34-26(40-22)37-11-4-1-5-12-37/h2-3,7-10,17H,1,4-6,11-16H2,(H,33,38). The maximum Gasteiger partial charge on any atom is 0.437 e. The van der Waals surface area contributed by atoms with Crippen molar-refractivity contribution < 1.29 is 31.6 Å². The predicted molar refractivity (Wildman–Crippen MR) is 139 cm³/mol. The number of alkyl halides is 3. The second-order valence-corrected chi connectivity index (χ2v) is 9.69. The Labute approximate surface area is 227 Å². The van der Waals surface area contributed by atoms with Crippen molar-refractivity contribution in [2.75, 3.05) is 54.4 Å². The summed E-state index contributed by atoms with van der Waals surface area (Å²) in [6, 6.07) is 8.80. The summed E-state index contributed by atoms with van der Waals surface area (Å²) in [5.74, 6) is -2.34. The van der Waals surface area contributed by atoms with Gasteiger partial charge in [-0.25, -0.2) is 9.37 Å². The number of hydrogen-bond donors (Lipinski definition) is 1. The molecule has 13 heteroatoms. The molecule has 0 spiro atoms. The first kappa shape index (κ1) is 27.4. The lowest BCUT2D eigenvalue weighted by atomic mass is 10.1. The quantitative estimate of drug-likeness (QED) is 0.447. The van der Waals surface area contributed by atoms with E-state index in [1.807, 2.05) is 4.90 Å². The third-order valence-electron chi connectivity index (χ3n) is 6.93. The van der Waals surface area contributed by atoms with Gasteiger partial charge in [-0.05, 0) is 49.9 Å². The van der Waals surface area contributed by atoms with Gasteiger partial charge in [0.2, 0.25) is 5.76 Å². The number of aromatic nitrogens is 2. The number of oxazole rings is 1. The number of amides is 2. The van der Waals surface area contributed by atoms with Gasteiger partial charge in [0.05, 0.1) is 17.4 Å². The lowest BCUT2D eigenvalue weighted by Gasteiger charge is -2.24. The van der Waals surface area contributed by atoms with E-state index in [4.69, 9.17) is 4.42 Å². The Morgan fingerprint density at radius 3 is 2.33 bits per heavy atom.